The molecule has 2 radical (unpaired) electrons. The molecule has 12 heteroatoms. The van der Waals surface area contributed by atoms with Crippen molar-refractivity contribution in [1.82, 2.24) is 15.5 Å². The largest absolute Gasteiger partial charge is 0.488 e. The summed E-state index contributed by atoms with van der Waals surface area (Å²) < 4.78 is 16.1. The van der Waals surface area contributed by atoms with E-state index in [1.165, 1.54) is 6.34 Å². The smallest absolute Gasteiger partial charge is 0.385 e. The van der Waals surface area contributed by atoms with Crippen molar-refractivity contribution in [1.29, 1.82) is 0 Å². The molecule has 2 saturated heterocycles. The predicted molar refractivity (Wildman–Crippen MR) is 76.9 cm³/mol. The lowest BCUT2D eigenvalue weighted by atomic mass is 10.1. The van der Waals surface area contributed by atoms with E-state index in [0.717, 1.165) is 5.70 Å². The van der Waals surface area contributed by atoms with E-state index in [1.54, 1.807) is 4.90 Å². The van der Waals surface area contributed by atoms with Gasteiger partial charge >= 0.3 is 15.4 Å². The third-order valence-corrected chi connectivity index (χ3v) is 5.09. The Morgan fingerprint density at radius 3 is 3.18 bits per heavy atom. The Morgan fingerprint density at radius 1 is 1.55 bits per heavy atom. The minimum Gasteiger partial charge on any atom is -0.385 e. The first-order chi connectivity index (χ1) is 10.5. The van der Waals surface area contributed by atoms with Crippen molar-refractivity contribution in [3.8, 4) is 0 Å². The predicted octanol–water partition coefficient (Wildman–Crippen LogP) is -2.73. The van der Waals surface area contributed by atoms with Crippen LogP contribution in [0.2, 0.25) is 0 Å². The van der Waals surface area contributed by atoms with Crippen LogP contribution in [0.3, 0.4) is 0 Å². The van der Waals surface area contributed by atoms with Crippen LogP contribution in [0.15, 0.2) is 16.5 Å². The van der Waals surface area contributed by atoms with Crippen LogP contribution in [-0.2, 0) is 13.8 Å². The summed E-state index contributed by atoms with van der Waals surface area (Å²) in [7, 11) is 2.11. The van der Waals surface area contributed by atoms with Gasteiger partial charge in [0.2, 0.25) is 0 Å². The summed E-state index contributed by atoms with van der Waals surface area (Å²) in [5, 5.41) is 16.6. The van der Waals surface area contributed by atoms with Crippen LogP contribution in [-0.4, -0.2) is 72.8 Å². The van der Waals surface area contributed by atoms with Gasteiger partial charge in [0.1, 0.15) is 30.8 Å². The van der Waals surface area contributed by atoms with E-state index >= 15 is 0 Å². The second-order valence-electron chi connectivity index (χ2n) is 5.42. The molecule has 0 bridgehead atoms. The second-order valence-corrected chi connectivity index (χ2v) is 7.02. The molecule has 4 aliphatic rings. The molecule has 5 unspecified atom stereocenters. The number of hydrogen-bond donors (Lipinski definition) is 5. The molecule has 6 atom stereocenters. The number of nitrogens with two attached hydrogens (primary N) is 1. The highest BCUT2D eigenvalue weighted by atomic mass is 31.2. The molecule has 6 N–H and O–H groups in total. The van der Waals surface area contributed by atoms with Gasteiger partial charge in [0.05, 0.1) is 18.7 Å². The molecular formula is C10H16BN5O5P+. The van der Waals surface area contributed by atoms with Crippen molar-refractivity contribution in [3.63, 3.8) is 0 Å². The van der Waals surface area contributed by atoms with Gasteiger partial charge in [0.25, 0.3) is 0 Å². The fourth-order valence-electron chi connectivity index (χ4n) is 2.99. The Bertz CT molecular complexity index is 548. The lowest BCUT2D eigenvalue weighted by molar-refractivity contribution is -0.0855. The van der Waals surface area contributed by atoms with Crippen LogP contribution in [0.1, 0.15) is 0 Å². The molecule has 10 nitrogen and oxygen atoms in total. The Balaban J connectivity index is 1.55. The maximum atomic E-state index is 10.5. The van der Waals surface area contributed by atoms with Crippen molar-refractivity contribution in [3.05, 3.63) is 11.5 Å². The first-order valence-corrected chi connectivity index (χ1v) is 8.46. The molecule has 0 aliphatic carbocycles. The molecule has 4 heterocycles. The number of aliphatic imine (C=N–C) groups is 1. The minimum absolute atomic E-state index is 0.0700. The molecule has 2 fully saturated rings. The molecule has 0 amide bonds. The fourth-order valence-corrected chi connectivity index (χ4v) is 4.02. The fraction of sp³-hybridized carbons (Fsp3) is 0.700. The molecule has 0 spiro atoms. The van der Waals surface area contributed by atoms with Crippen molar-refractivity contribution in [2.75, 3.05) is 13.3 Å². The molecule has 0 aromatic heterocycles. The van der Waals surface area contributed by atoms with Crippen LogP contribution < -0.4 is 16.4 Å². The summed E-state index contributed by atoms with van der Waals surface area (Å²) >= 11 is 0. The maximum absolute atomic E-state index is 10.5. The number of hydrogen-bond acceptors (Lipinski definition) is 10. The summed E-state index contributed by atoms with van der Waals surface area (Å²) in [6, 6.07) is 0. The van der Waals surface area contributed by atoms with E-state index in [0.29, 0.717) is 12.5 Å². The van der Waals surface area contributed by atoms with E-state index in [4.69, 9.17) is 27.1 Å². The molecule has 4 rings (SSSR count). The number of fused-ring (bicyclic) bond motifs is 1. The summed E-state index contributed by atoms with van der Waals surface area (Å²) in [5.74, 6) is 0.698. The number of ether oxygens (including phenoxy) is 1. The highest BCUT2D eigenvalue weighted by molar-refractivity contribution is 7.85. The van der Waals surface area contributed by atoms with Crippen molar-refractivity contribution in [2.24, 2.45) is 10.7 Å². The van der Waals surface area contributed by atoms with Gasteiger partial charge in [-0.05, 0) is 0 Å². The van der Waals surface area contributed by atoms with Gasteiger partial charge < -0.3 is 31.1 Å². The van der Waals surface area contributed by atoms with E-state index in [1.807, 2.05) is 0 Å². The SMILES string of the molecule is [B][P+]1(O)OCC2OC(N3CNC4=C3NC=NC4N)C(O)[C@@H]2O1. The van der Waals surface area contributed by atoms with Crippen molar-refractivity contribution in [2.45, 2.75) is 30.7 Å². The summed E-state index contributed by atoms with van der Waals surface area (Å²) in [6.07, 6.45) is -1.89. The summed E-state index contributed by atoms with van der Waals surface area (Å²) in [5.41, 5.74) is 6.62. The lowest BCUT2D eigenvalue weighted by Gasteiger charge is -2.30. The maximum Gasteiger partial charge on any atom is 0.488 e. The van der Waals surface area contributed by atoms with Crippen LogP contribution in [0.4, 0.5) is 0 Å². The molecule has 4 aliphatic heterocycles. The quantitative estimate of drug-likeness (QED) is 0.257. The zero-order valence-electron chi connectivity index (χ0n) is 11.5. The topological polar surface area (TPSA) is 134 Å². The van der Waals surface area contributed by atoms with Gasteiger partial charge in [-0.2, -0.15) is 9.05 Å². The minimum atomic E-state index is -3.38. The van der Waals surface area contributed by atoms with Crippen LogP contribution in [0, 0.1) is 0 Å². The Labute approximate surface area is 128 Å². The molecule has 0 saturated carbocycles. The molecule has 0 aromatic carbocycles. The zero-order chi connectivity index (χ0) is 15.5. The highest BCUT2D eigenvalue weighted by Crippen LogP contribution is 2.58. The normalized spacial score (nSPS) is 47.0. The van der Waals surface area contributed by atoms with Gasteiger partial charge in [0, 0.05) is 0 Å². The van der Waals surface area contributed by atoms with Crippen molar-refractivity contribution >= 4 is 21.7 Å². The molecule has 118 valence electrons. The molecule has 22 heavy (non-hydrogen) atoms. The Hall–Kier alpha value is -0.935. The Morgan fingerprint density at radius 2 is 2.36 bits per heavy atom. The van der Waals surface area contributed by atoms with Gasteiger partial charge in [0.15, 0.2) is 12.3 Å². The van der Waals surface area contributed by atoms with E-state index < -0.39 is 38.5 Å². The number of aliphatic hydroxyl groups excluding tert-OH is 1. The van der Waals surface area contributed by atoms with E-state index in [-0.39, 0.29) is 6.61 Å². The first kappa shape index (κ1) is 14.6. The third-order valence-electron chi connectivity index (χ3n) is 4.03. The van der Waals surface area contributed by atoms with Gasteiger partial charge in [-0.3, -0.25) is 4.99 Å². The number of rotatable bonds is 1. The molecular weight excluding hydrogens is 312 g/mol. The standard InChI is InChI=1S/C10H16BN5O5P/c11-22(18)19-1-4-7(21-22)6(17)10(20-4)16-3-15-5-8(12)13-2-14-9(5)16/h2,4,6-8,10,15,17-18H,1,3,12H2,(H,13,14)/q+1/t4?,6?,7-,8?,10?,22?/m1/s1. The first-order valence-electron chi connectivity index (χ1n) is 6.81. The number of nitrogens with one attached hydrogen (secondary N) is 2. The van der Waals surface area contributed by atoms with Crippen LogP contribution in [0.5, 0.6) is 0 Å². The zero-order valence-corrected chi connectivity index (χ0v) is 12.4. The number of nitrogens with zero attached hydrogens (tertiary/aromatic N) is 2. The van der Waals surface area contributed by atoms with E-state index in [2.05, 4.69) is 15.6 Å². The third kappa shape index (κ3) is 2.21. The average Bonchev–Trinajstić information content (AvgIpc) is 3.01. The monoisotopic (exact) mass is 328 g/mol. The van der Waals surface area contributed by atoms with Crippen LogP contribution in [0.25, 0.3) is 0 Å². The van der Waals surface area contributed by atoms with Crippen LogP contribution >= 0.6 is 7.82 Å². The number of aliphatic hydroxyl groups is 1. The Kier molecular flexibility index (Phi) is 3.35. The molecule has 0 aromatic rings. The lowest BCUT2D eigenvalue weighted by Crippen LogP contribution is -2.47. The second kappa shape index (κ2) is 5.03. The summed E-state index contributed by atoms with van der Waals surface area (Å²) in [6.45, 7) is 0.472. The van der Waals surface area contributed by atoms with Gasteiger partial charge in [-0.25, -0.2) is 4.89 Å². The average molecular weight is 328 g/mol. The summed E-state index contributed by atoms with van der Waals surface area (Å²) in [4.78, 5) is 15.5. The van der Waals surface area contributed by atoms with Gasteiger partial charge in [-0.1, -0.05) is 0 Å². The van der Waals surface area contributed by atoms with Crippen molar-refractivity contribution < 1.29 is 23.8 Å². The van der Waals surface area contributed by atoms with E-state index in [9.17, 15) is 10.00 Å². The highest BCUT2D eigenvalue weighted by Gasteiger charge is 2.58. The van der Waals surface area contributed by atoms with Gasteiger partial charge in [-0.15, -0.1) is 0 Å².